The van der Waals surface area contributed by atoms with Crippen molar-refractivity contribution in [1.82, 2.24) is 10.2 Å². The van der Waals surface area contributed by atoms with Gasteiger partial charge in [-0.2, -0.15) is 0 Å². The summed E-state index contributed by atoms with van der Waals surface area (Å²) in [7, 11) is 1.60. The molecule has 0 aliphatic heterocycles. The molecule has 34 heavy (non-hydrogen) atoms. The number of rotatable bonds is 10. The Kier molecular flexibility index (Phi) is 9.98. The molecule has 0 aliphatic rings. The lowest BCUT2D eigenvalue weighted by Gasteiger charge is -2.29. The van der Waals surface area contributed by atoms with E-state index in [0.717, 1.165) is 22.0 Å². The number of carbonyl (C=O) groups excluding carboxylic acids is 2. The minimum atomic E-state index is -0.664. The summed E-state index contributed by atoms with van der Waals surface area (Å²) >= 11 is 3.56. The van der Waals surface area contributed by atoms with Gasteiger partial charge in [0.1, 0.15) is 17.5 Å². The van der Waals surface area contributed by atoms with Crippen LogP contribution in [-0.4, -0.2) is 42.5 Å². The van der Waals surface area contributed by atoms with Crippen LogP contribution >= 0.6 is 15.9 Å². The second-order valence-electron chi connectivity index (χ2n) is 9.55. The maximum absolute atomic E-state index is 13.3. The van der Waals surface area contributed by atoms with E-state index < -0.39 is 6.04 Å². The van der Waals surface area contributed by atoms with E-state index in [1.54, 1.807) is 18.9 Å². The molecule has 7 heteroatoms. The molecule has 2 amide bonds. The van der Waals surface area contributed by atoms with Crippen molar-refractivity contribution >= 4 is 27.7 Å². The zero-order chi connectivity index (χ0) is 25.5. The molecule has 2 rings (SSSR count). The fourth-order valence-electron chi connectivity index (χ4n) is 3.32. The molecule has 6 nitrogen and oxygen atoms in total. The molecule has 2 aromatic rings. The van der Waals surface area contributed by atoms with E-state index in [-0.39, 0.29) is 36.4 Å². The van der Waals surface area contributed by atoms with Crippen molar-refractivity contribution in [3.8, 4) is 11.5 Å². The number of benzene rings is 2. The normalized spacial score (nSPS) is 13.1. The Balaban J connectivity index is 2.21. The molecule has 0 fully saturated rings. The van der Waals surface area contributed by atoms with Gasteiger partial charge >= 0.3 is 0 Å². The van der Waals surface area contributed by atoms with E-state index in [0.29, 0.717) is 11.5 Å². The van der Waals surface area contributed by atoms with Gasteiger partial charge in [-0.05, 0) is 77.0 Å². The molecule has 0 heterocycles. The van der Waals surface area contributed by atoms with Crippen LogP contribution in [0, 0.1) is 0 Å². The van der Waals surface area contributed by atoms with Crippen molar-refractivity contribution in [3.63, 3.8) is 0 Å². The molecule has 0 radical (unpaired) electrons. The molecule has 2 atom stereocenters. The molecule has 0 aliphatic carbocycles. The van der Waals surface area contributed by atoms with E-state index in [1.807, 2.05) is 56.3 Å². The lowest BCUT2D eigenvalue weighted by Crippen LogP contribution is -2.50. The van der Waals surface area contributed by atoms with Crippen LogP contribution in [0.4, 0.5) is 0 Å². The van der Waals surface area contributed by atoms with Crippen LogP contribution in [-0.2, 0) is 21.5 Å². The Labute approximate surface area is 212 Å². The highest BCUT2D eigenvalue weighted by Gasteiger charge is 2.27. The van der Waals surface area contributed by atoms with Crippen molar-refractivity contribution in [3.05, 3.63) is 58.1 Å². The van der Waals surface area contributed by atoms with Gasteiger partial charge in [0, 0.05) is 12.6 Å². The Morgan fingerprint density at radius 3 is 2.41 bits per heavy atom. The molecule has 2 aromatic carbocycles. The van der Waals surface area contributed by atoms with Gasteiger partial charge in [0.05, 0.1) is 11.6 Å². The first kappa shape index (κ1) is 27.7. The molecule has 186 valence electrons. The van der Waals surface area contributed by atoms with Crippen LogP contribution in [0.1, 0.15) is 59.1 Å². The fraction of sp³-hybridized carbons (Fsp3) is 0.481. The van der Waals surface area contributed by atoms with Crippen molar-refractivity contribution < 1.29 is 19.1 Å². The van der Waals surface area contributed by atoms with E-state index >= 15 is 0 Å². The summed E-state index contributed by atoms with van der Waals surface area (Å²) in [4.78, 5) is 27.7. The highest BCUT2D eigenvalue weighted by atomic mass is 79.9. The highest BCUT2D eigenvalue weighted by molar-refractivity contribution is 9.10. The van der Waals surface area contributed by atoms with Gasteiger partial charge in [-0.15, -0.1) is 0 Å². The van der Waals surface area contributed by atoms with Crippen molar-refractivity contribution in [2.24, 2.45) is 0 Å². The van der Waals surface area contributed by atoms with E-state index in [2.05, 4.69) is 42.0 Å². The average Bonchev–Trinajstić information content (AvgIpc) is 2.80. The quantitative estimate of drug-likeness (QED) is 0.440. The number of hydrogen-bond donors (Lipinski definition) is 1. The van der Waals surface area contributed by atoms with Crippen molar-refractivity contribution in [1.29, 1.82) is 0 Å². The monoisotopic (exact) mass is 532 g/mol. The van der Waals surface area contributed by atoms with E-state index in [9.17, 15) is 9.59 Å². The highest BCUT2D eigenvalue weighted by Crippen LogP contribution is 2.31. The summed E-state index contributed by atoms with van der Waals surface area (Å²) in [6.07, 6.45) is 0.810. The van der Waals surface area contributed by atoms with E-state index in [1.165, 1.54) is 0 Å². The predicted molar refractivity (Wildman–Crippen MR) is 139 cm³/mol. The number of amides is 2. The van der Waals surface area contributed by atoms with Gasteiger partial charge in [0.15, 0.2) is 6.61 Å². The van der Waals surface area contributed by atoms with Gasteiger partial charge in [-0.3, -0.25) is 9.59 Å². The number of nitrogens with zero attached hydrogens (tertiary/aromatic N) is 1. The third kappa shape index (κ3) is 7.76. The van der Waals surface area contributed by atoms with Crippen LogP contribution in [0.2, 0.25) is 0 Å². The maximum atomic E-state index is 13.3. The number of hydrogen-bond acceptors (Lipinski definition) is 4. The van der Waals surface area contributed by atoms with Crippen molar-refractivity contribution in [2.75, 3.05) is 13.7 Å². The molecule has 0 spiro atoms. The summed E-state index contributed by atoms with van der Waals surface area (Å²) in [5.41, 5.74) is 2.03. The predicted octanol–water partition coefficient (Wildman–Crippen LogP) is 5.47. The minimum Gasteiger partial charge on any atom is -0.497 e. The van der Waals surface area contributed by atoms with Gasteiger partial charge in [0.2, 0.25) is 5.91 Å². The topological polar surface area (TPSA) is 67.9 Å². The molecule has 0 saturated heterocycles. The molecule has 0 bridgehead atoms. The first-order valence-corrected chi connectivity index (χ1v) is 12.4. The van der Waals surface area contributed by atoms with Gasteiger partial charge in [-0.1, -0.05) is 45.9 Å². The summed E-state index contributed by atoms with van der Waals surface area (Å²) in [5, 5.41) is 2.97. The van der Waals surface area contributed by atoms with Crippen molar-refractivity contribution in [2.45, 2.75) is 72.0 Å². The van der Waals surface area contributed by atoms with Gasteiger partial charge < -0.3 is 19.7 Å². The van der Waals surface area contributed by atoms with Crippen LogP contribution in [0.25, 0.3) is 0 Å². The number of methoxy groups -OCH3 is 1. The molecule has 0 saturated carbocycles. The lowest BCUT2D eigenvalue weighted by molar-refractivity contribution is -0.142. The van der Waals surface area contributed by atoms with E-state index in [4.69, 9.17) is 9.47 Å². The van der Waals surface area contributed by atoms with Gasteiger partial charge in [0.25, 0.3) is 5.91 Å². The Morgan fingerprint density at radius 2 is 1.82 bits per heavy atom. The maximum Gasteiger partial charge on any atom is 0.261 e. The first-order chi connectivity index (χ1) is 16.0. The molecule has 1 N–H and O–H groups in total. The van der Waals surface area contributed by atoms with Gasteiger partial charge in [-0.25, -0.2) is 0 Å². The SMILES string of the molecule is CC[C@@H](C)NC(=O)[C@@H](C)N(Cc1cccc(OC)c1)C(=O)COc1ccc(C(C)(C)C)cc1Br. The van der Waals surface area contributed by atoms with Crippen LogP contribution in [0.15, 0.2) is 46.9 Å². The third-order valence-electron chi connectivity index (χ3n) is 5.80. The lowest BCUT2D eigenvalue weighted by atomic mass is 9.87. The average molecular weight is 534 g/mol. The largest absolute Gasteiger partial charge is 0.497 e. The zero-order valence-corrected chi connectivity index (χ0v) is 22.9. The summed E-state index contributed by atoms with van der Waals surface area (Å²) in [6, 6.07) is 12.7. The summed E-state index contributed by atoms with van der Waals surface area (Å²) < 4.78 is 12.0. The zero-order valence-electron chi connectivity index (χ0n) is 21.3. The molecular weight excluding hydrogens is 496 g/mol. The van der Waals surface area contributed by atoms with Crippen LogP contribution in [0.5, 0.6) is 11.5 Å². The first-order valence-electron chi connectivity index (χ1n) is 11.6. The number of nitrogens with one attached hydrogen (secondary N) is 1. The Hall–Kier alpha value is -2.54. The summed E-state index contributed by atoms with van der Waals surface area (Å²) in [5.74, 6) is 0.808. The molecule has 0 unspecified atom stereocenters. The molecular formula is C27H37BrN2O4. The second kappa shape index (κ2) is 12.2. The molecule has 0 aromatic heterocycles. The van der Waals surface area contributed by atoms with Crippen LogP contribution < -0.4 is 14.8 Å². The smallest absolute Gasteiger partial charge is 0.261 e. The summed E-state index contributed by atoms with van der Waals surface area (Å²) in [6.45, 7) is 12.2. The number of ether oxygens (including phenoxy) is 2. The minimum absolute atomic E-state index is 0.00281. The second-order valence-corrected chi connectivity index (χ2v) is 10.4. The Bertz CT molecular complexity index is 987. The van der Waals surface area contributed by atoms with Crippen LogP contribution in [0.3, 0.4) is 0 Å². The number of carbonyl (C=O) groups is 2. The standard InChI is InChI=1S/C27H37BrN2O4/c1-8-18(2)29-26(32)19(3)30(16-20-10-9-11-22(14-20)33-7)25(31)17-34-24-13-12-21(15-23(24)28)27(4,5)6/h9-15,18-19H,8,16-17H2,1-7H3,(H,29,32)/t18-,19-/m1/s1. The Morgan fingerprint density at radius 1 is 1.12 bits per heavy atom. The fourth-order valence-corrected chi connectivity index (χ4v) is 3.82. The third-order valence-corrected chi connectivity index (χ3v) is 6.42. The number of halogens is 1.